The summed E-state index contributed by atoms with van der Waals surface area (Å²) in [6.07, 6.45) is -72.3. The van der Waals surface area contributed by atoms with Crippen molar-refractivity contribution in [3.05, 3.63) is 0 Å². The van der Waals surface area contributed by atoms with Crippen molar-refractivity contribution in [3.63, 3.8) is 0 Å². The Balaban J connectivity index is 1.20. The highest BCUT2D eigenvalue weighted by Crippen LogP contribution is 2.39. The number of aliphatic hydroxyl groups excluding tert-OH is 21. The van der Waals surface area contributed by atoms with E-state index in [1.807, 2.05) is 0 Å². The first-order valence-electron chi connectivity index (χ1n) is 33.1. The van der Waals surface area contributed by atoms with Gasteiger partial charge in [0.2, 0.25) is 29.5 Å². The van der Waals surface area contributed by atoms with E-state index in [-0.39, 0.29) is 0 Å². The van der Waals surface area contributed by atoms with Crippen molar-refractivity contribution in [1.29, 1.82) is 0 Å². The van der Waals surface area contributed by atoms with Crippen LogP contribution in [0, 0.1) is 0 Å². The Hall–Kier alpha value is -4.09. The second-order valence-electron chi connectivity index (χ2n) is 26.1. The third-order valence-electron chi connectivity index (χ3n) is 18.6. The summed E-state index contributed by atoms with van der Waals surface area (Å²) in [5, 5.41) is 246. The SMILES string of the molecule is CC(=O)N[C@@H]1[C@H](O[C@@H]2[C@@H](O[C@@H]3[C@H](O)[C@H](O[C@H]4[C@H](O)[C@@H](NC(C)=O)C(O)O[C@@H]4CO)O[C@H](CO[C@H]4O[C@H](CO[C@H]5O[C@H](CO)[C@@H](O)[C@H](O)[C@H]5NC(C)=O)[C@@H](O)[C@H](O)[C@@H]4O[C@@H]4O[C@H](CO)[C@@H](O)[C@H](O)[C@H]4NC(C)=O)[C@H]3O)O[C@H](CO)[C@@H](O[C@@H]3O[C@H](CO)[C@@H](O)[C@H](O)[C@H]3NC(C)=O)[C@@H]2O)O[C@H](CO)[C@@H](O)[C@@H]1O. The molecule has 0 aromatic heterocycles. The summed E-state index contributed by atoms with van der Waals surface area (Å²) >= 11 is 0. The maximum atomic E-state index is 12.7. The van der Waals surface area contributed by atoms with Crippen LogP contribution >= 0.6 is 0 Å². The summed E-state index contributed by atoms with van der Waals surface area (Å²) in [5.74, 6) is -4.25. The fourth-order valence-corrected chi connectivity index (χ4v) is 13.3. The highest BCUT2D eigenvalue weighted by Gasteiger charge is 2.60. The van der Waals surface area contributed by atoms with E-state index in [9.17, 15) is 131 Å². The van der Waals surface area contributed by atoms with Gasteiger partial charge in [-0.15, -0.1) is 0 Å². The molecule has 8 heterocycles. The number of carbonyl (C=O) groups is 5. The van der Waals surface area contributed by atoms with Crippen molar-refractivity contribution in [2.75, 3.05) is 52.9 Å². The molecular formula is C58H97N5O41. The molecule has 0 saturated carbocycles. The van der Waals surface area contributed by atoms with Crippen LogP contribution in [0.1, 0.15) is 34.6 Å². The summed E-state index contributed by atoms with van der Waals surface area (Å²) in [7, 11) is 0. The van der Waals surface area contributed by atoms with Gasteiger partial charge in [0.15, 0.2) is 50.3 Å². The zero-order chi connectivity index (χ0) is 76.8. The van der Waals surface area contributed by atoms with Crippen molar-refractivity contribution in [1.82, 2.24) is 26.6 Å². The molecule has 8 aliphatic heterocycles. The molecule has 8 fully saturated rings. The Labute approximate surface area is 589 Å². The van der Waals surface area contributed by atoms with Gasteiger partial charge in [-0.1, -0.05) is 0 Å². The molecule has 0 aromatic carbocycles. The van der Waals surface area contributed by atoms with Crippen LogP contribution < -0.4 is 26.6 Å². The topological polar surface area (TPSA) is 709 Å². The van der Waals surface area contributed by atoms with Gasteiger partial charge >= 0.3 is 0 Å². The molecule has 26 N–H and O–H groups in total. The normalized spacial score (nSPS) is 47.2. The van der Waals surface area contributed by atoms with Crippen LogP contribution in [0.5, 0.6) is 0 Å². The van der Waals surface area contributed by atoms with E-state index in [1.165, 1.54) is 0 Å². The molecule has 46 nitrogen and oxygen atoms in total. The molecule has 1 unspecified atom stereocenters. The molecule has 0 radical (unpaired) electrons. The first kappa shape index (κ1) is 85.5. The number of aliphatic hydroxyl groups is 21. The van der Waals surface area contributed by atoms with Gasteiger partial charge < -0.3 is 205 Å². The first-order chi connectivity index (χ1) is 49.1. The number of ether oxygens (including phenoxy) is 15. The minimum absolute atomic E-state index is 0.783. The van der Waals surface area contributed by atoms with E-state index < -0.39 is 328 Å². The highest BCUT2D eigenvalue weighted by molar-refractivity contribution is 5.75. The van der Waals surface area contributed by atoms with Crippen molar-refractivity contribution in [2.24, 2.45) is 0 Å². The number of nitrogens with one attached hydrogen (secondary N) is 5. The minimum Gasteiger partial charge on any atom is -0.394 e. The zero-order valence-corrected chi connectivity index (χ0v) is 56.3. The lowest BCUT2D eigenvalue weighted by Gasteiger charge is -2.51. The monoisotopic (exact) mass is 1520 g/mol. The van der Waals surface area contributed by atoms with Gasteiger partial charge in [0.05, 0.1) is 52.9 Å². The van der Waals surface area contributed by atoms with E-state index >= 15 is 0 Å². The zero-order valence-electron chi connectivity index (χ0n) is 56.3. The molecule has 0 aliphatic carbocycles. The van der Waals surface area contributed by atoms with Crippen LogP contribution in [0.25, 0.3) is 0 Å². The Bertz CT molecular complexity index is 2770. The molecule has 8 aliphatic rings. The number of amides is 5. The molecule has 40 atom stereocenters. The summed E-state index contributed by atoms with van der Waals surface area (Å²) in [6, 6.07) is -8.77. The van der Waals surface area contributed by atoms with Crippen LogP contribution in [0.15, 0.2) is 0 Å². The largest absolute Gasteiger partial charge is 0.394 e. The quantitative estimate of drug-likeness (QED) is 0.0363. The van der Waals surface area contributed by atoms with E-state index in [1.54, 1.807) is 0 Å². The van der Waals surface area contributed by atoms with Crippen LogP contribution in [0.4, 0.5) is 0 Å². The molecule has 8 rings (SSSR count). The molecule has 0 aromatic rings. The van der Waals surface area contributed by atoms with E-state index in [4.69, 9.17) is 71.1 Å². The van der Waals surface area contributed by atoms with Gasteiger partial charge in [-0.3, -0.25) is 24.0 Å². The molecule has 104 heavy (non-hydrogen) atoms. The average molecular weight is 1520 g/mol. The predicted octanol–water partition coefficient (Wildman–Crippen LogP) is -17.7. The second-order valence-corrected chi connectivity index (χ2v) is 26.1. The summed E-state index contributed by atoms with van der Waals surface area (Å²) in [5.41, 5.74) is 0. The smallest absolute Gasteiger partial charge is 0.217 e. The average Bonchev–Trinajstić information content (AvgIpc) is 0.766. The van der Waals surface area contributed by atoms with Crippen molar-refractivity contribution in [2.45, 2.75) is 280 Å². The minimum atomic E-state index is -2.53. The number of rotatable bonds is 27. The summed E-state index contributed by atoms with van der Waals surface area (Å²) < 4.78 is 89.8. The molecular weight excluding hydrogens is 1420 g/mol. The van der Waals surface area contributed by atoms with Gasteiger partial charge in [-0.25, -0.2) is 0 Å². The Morgan fingerprint density at radius 3 is 0.933 bits per heavy atom. The van der Waals surface area contributed by atoms with Crippen molar-refractivity contribution < 1.29 is 202 Å². The van der Waals surface area contributed by atoms with Gasteiger partial charge in [-0.05, 0) is 0 Å². The van der Waals surface area contributed by atoms with Gasteiger partial charge in [0.25, 0.3) is 0 Å². The van der Waals surface area contributed by atoms with E-state index in [0.717, 1.165) is 34.6 Å². The van der Waals surface area contributed by atoms with Crippen LogP contribution in [-0.4, -0.2) is 435 Å². The summed E-state index contributed by atoms with van der Waals surface area (Å²) in [4.78, 5) is 62.4. The molecule has 0 bridgehead atoms. The third kappa shape index (κ3) is 19.4. The van der Waals surface area contributed by atoms with Crippen molar-refractivity contribution >= 4 is 29.5 Å². The predicted molar refractivity (Wildman–Crippen MR) is 322 cm³/mol. The molecule has 0 spiro atoms. The van der Waals surface area contributed by atoms with Crippen molar-refractivity contribution in [3.8, 4) is 0 Å². The maximum absolute atomic E-state index is 12.7. The highest BCUT2D eigenvalue weighted by atomic mass is 16.8. The van der Waals surface area contributed by atoms with Crippen LogP contribution in [0.2, 0.25) is 0 Å². The third-order valence-corrected chi connectivity index (χ3v) is 18.6. The number of carbonyl (C=O) groups excluding carboxylic acids is 5. The van der Waals surface area contributed by atoms with E-state index in [0.29, 0.717) is 0 Å². The molecule has 46 heteroatoms. The second kappa shape index (κ2) is 37.5. The van der Waals surface area contributed by atoms with Gasteiger partial charge in [-0.2, -0.15) is 0 Å². The lowest BCUT2D eigenvalue weighted by Crippen LogP contribution is -2.70. The Morgan fingerprint density at radius 2 is 0.529 bits per heavy atom. The van der Waals surface area contributed by atoms with Crippen LogP contribution in [-0.2, 0) is 95.0 Å². The fourth-order valence-electron chi connectivity index (χ4n) is 13.3. The first-order valence-corrected chi connectivity index (χ1v) is 33.1. The fraction of sp³-hybridized carbons (Fsp3) is 0.914. The van der Waals surface area contributed by atoms with Crippen LogP contribution in [0.3, 0.4) is 0 Å². The lowest BCUT2D eigenvalue weighted by atomic mass is 9.94. The standard InChI is InChI=1S/C58H97N5O41/c1-14(70)59-27-42(85)46(23(10-68)92-51(27)89)101-56-45(88)48(102-58-50(104-55-31(63-18(5)74)41(84)35(78)22(9-67)96-55)44(87)47(24(11-69)97-58)100-53-29(61-16(3)72)39(82)33(76)20(7-65)94-53)37(80)26(98-56)13-91-57-49(103-54-30(62-17(4)73)40(83)34(77)21(8-66)95-54)43(86)36(79)25(99-57)12-90-52-28(60-15(2)71)38(81)32(75)19(6-64)93-52/h19-58,64-69,75-89H,6-13H2,1-5H3,(H,59,70)(H,60,71)(H,61,72)(H,62,73)(H,63,74)/t19-,20-,21-,22-,23-,24-,25-,26-,27-,28-,29-,30-,31+,32-,33-,34-,35-,36-,37-,38-,39-,40-,41-,42-,43+,44+,45+,46-,47-,48+,49+,50+,51?,52+,53+,54+,55+,56+,57+,58-/m1/s1. The van der Waals surface area contributed by atoms with Gasteiger partial charge in [0.1, 0.15) is 195 Å². The molecule has 600 valence electrons. The Kier molecular flexibility index (Phi) is 30.9. The molecule has 5 amide bonds. The van der Waals surface area contributed by atoms with E-state index in [2.05, 4.69) is 26.6 Å². The lowest BCUT2D eigenvalue weighted by molar-refractivity contribution is -0.402. The maximum Gasteiger partial charge on any atom is 0.217 e. The summed E-state index contributed by atoms with van der Waals surface area (Å²) in [6.45, 7) is -3.51. The number of hydrogen-bond acceptors (Lipinski definition) is 41. The Morgan fingerprint density at radius 1 is 0.250 bits per heavy atom. The van der Waals surface area contributed by atoms with Gasteiger partial charge in [0, 0.05) is 34.6 Å². The molecule has 8 saturated heterocycles. The number of hydrogen-bond donors (Lipinski definition) is 26.